The Kier molecular flexibility index (Phi) is 6.78. The van der Waals surface area contributed by atoms with E-state index < -0.39 is 0 Å². The molecule has 1 aliphatic rings. The van der Waals surface area contributed by atoms with Crippen molar-refractivity contribution in [2.45, 2.75) is 19.3 Å². The summed E-state index contributed by atoms with van der Waals surface area (Å²) in [5, 5.41) is 5.09. The summed E-state index contributed by atoms with van der Waals surface area (Å²) in [5.41, 5.74) is 13.8. The Morgan fingerprint density at radius 1 is 0.451 bits per heavy atom. The summed E-state index contributed by atoms with van der Waals surface area (Å²) in [6, 6.07) is 64.8. The predicted octanol–water partition coefficient (Wildman–Crippen LogP) is 14.3. The third kappa shape index (κ3) is 4.75. The highest BCUT2D eigenvalue weighted by Crippen LogP contribution is 2.52. The number of rotatable bonds is 5. The Balaban J connectivity index is 1.14. The van der Waals surface area contributed by atoms with Crippen LogP contribution in [0.2, 0.25) is 0 Å². The maximum absolute atomic E-state index is 2.45. The van der Waals surface area contributed by atoms with E-state index in [1.54, 1.807) is 0 Å². The number of benzene rings is 8. The highest BCUT2D eigenvalue weighted by molar-refractivity contribution is 7.26. The number of anilines is 3. The minimum absolute atomic E-state index is 0.0773. The van der Waals surface area contributed by atoms with E-state index in [0.717, 1.165) is 11.4 Å². The number of hydrogen-bond donors (Lipinski definition) is 0. The highest BCUT2D eigenvalue weighted by Gasteiger charge is 2.37. The van der Waals surface area contributed by atoms with Crippen LogP contribution in [0.1, 0.15) is 25.0 Å². The van der Waals surface area contributed by atoms with Crippen molar-refractivity contribution in [1.29, 1.82) is 0 Å². The first-order valence-electron chi connectivity index (χ1n) is 17.7. The maximum atomic E-state index is 2.45. The molecule has 0 bridgehead atoms. The van der Waals surface area contributed by atoms with Crippen molar-refractivity contribution >= 4 is 59.3 Å². The second kappa shape index (κ2) is 11.6. The van der Waals surface area contributed by atoms with E-state index in [9.17, 15) is 0 Å². The molecule has 242 valence electrons. The van der Waals surface area contributed by atoms with Gasteiger partial charge < -0.3 is 4.90 Å². The van der Waals surface area contributed by atoms with Gasteiger partial charge in [0.2, 0.25) is 0 Å². The van der Waals surface area contributed by atoms with Gasteiger partial charge in [-0.2, -0.15) is 0 Å². The van der Waals surface area contributed by atoms with Crippen LogP contribution in [-0.4, -0.2) is 0 Å². The zero-order chi connectivity index (χ0) is 34.1. The van der Waals surface area contributed by atoms with Crippen LogP contribution in [0, 0.1) is 0 Å². The first-order valence-corrected chi connectivity index (χ1v) is 18.5. The molecule has 51 heavy (non-hydrogen) atoms. The largest absolute Gasteiger partial charge is 0.310 e. The van der Waals surface area contributed by atoms with Gasteiger partial charge in [-0.1, -0.05) is 141 Å². The first-order chi connectivity index (χ1) is 25.0. The Morgan fingerprint density at radius 3 is 2.02 bits per heavy atom. The standard InChI is InChI=1S/C49H35NS/c1-49(2)43-20-7-5-16-40(43)41-19-10-18-39(48(41)49)33-26-28-37(29-27-33)50(44-21-11-23-46-47(44)42-17-6-8-22-45(42)51-46)38-15-9-14-35(31-38)36-25-24-32-12-3-4-13-34(32)30-36/h3-31H,1-2H3. The van der Waals surface area contributed by atoms with Gasteiger partial charge in [-0.05, 0) is 104 Å². The lowest BCUT2D eigenvalue weighted by Crippen LogP contribution is -2.16. The van der Waals surface area contributed by atoms with Crippen molar-refractivity contribution in [3.8, 4) is 33.4 Å². The molecule has 0 saturated heterocycles. The molecular formula is C49H35NS. The lowest BCUT2D eigenvalue weighted by atomic mass is 9.79. The normalized spacial score (nSPS) is 13.1. The topological polar surface area (TPSA) is 3.24 Å². The van der Waals surface area contributed by atoms with Gasteiger partial charge in [0.15, 0.2) is 0 Å². The van der Waals surface area contributed by atoms with Crippen molar-refractivity contribution in [3.05, 3.63) is 187 Å². The van der Waals surface area contributed by atoms with Gasteiger partial charge in [0, 0.05) is 37.0 Å². The summed E-state index contributed by atoms with van der Waals surface area (Å²) in [6.45, 7) is 4.73. The second-order valence-corrected chi connectivity index (χ2v) is 15.2. The van der Waals surface area contributed by atoms with Crippen molar-refractivity contribution in [3.63, 3.8) is 0 Å². The van der Waals surface area contributed by atoms with Gasteiger partial charge in [-0.3, -0.25) is 0 Å². The zero-order valence-corrected chi connectivity index (χ0v) is 29.4. The van der Waals surface area contributed by atoms with E-state index >= 15 is 0 Å². The van der Waals surface area contributed by atoms with E-state index in [1.165, 1.54) is 81.1 Å². The van der Waals surface area contributed by atoms with Crippen molar-refractivity contribution in [2.75, 3.05) is 4.90 Å². The smallest absolute Gasteiger partial charge is 0.0554 e. The molecule has 8 aromatic carbocycles. The summed E-state index contributed by atoms with van der Waals surface area (Å²) >= 11 is 1.86. The summed E-state index contributed by atoms with van der Waals surface area (Å²) < 4.78 is 2.60. The molecule has 0 fully saturated rings. The van der Waals surface area contributed by atoms with Crippen LogP contribution in [0.5, 0.6) is 0 Å². The minimum Gasteiger partial charge on any atom is -0.310 e. The second-order valence-electron chi connectivity index (χ2n) is 14.1. The van der Waals surface area contributed by atoms with Gasteiger partial charge in [0.1, 0.15) is 0 Å². The summed E-state index contributed by atoms with van der Waals surface area (Å²) in [6.07, 6.45) is 0. The predicted molar refractivity (Wildman–Crippen MR) is 220 cm³/mol. The number of nitrogens with zero attached hydrogens (tertiary/aromatic N) is 1. The minimum atomic E-state index is -0.0773. The zero-order valence-electron chi connectivity index (χ0n) is 28.6. The molecule has 0 aliphatic heterocycles. The fraction of sp³-hybridized carbons (Fsp3) is 0.0612. The molecule has 1 heterocycles. The third-order valence-corrected chi connectivity index (χ3v) is 12.0. The number of hydrogen-bond acceptors (Lipinski definition) is 2. The Bertz CT molecular complexity index is 2780. The van der Waals surface area contributed by atoms with Crippen LogP contribution in [-0.2, 0) is 5.41 Å². The summed E-state index contributed by atoms with van der Waals surface area (Å²) in [5.74, 6) is 0. The molecule has 0 saturated carbocycles. The van der Waals surface area contributed by atoms with Gasteiger partial charge in [0.25, 0.3) is 0 Å². The molecule has 0 atom stereocenters. The fourth-order valence-electron chi connectivity index (χ4n) is 8.44. The van der Waals surface area contributed by atoms with E-state index in [2.05, 4.69) is 195 Å². The molecule has 2 heteroatoms. The molecule has 0 unspecified atom stereocenters. The van der Waals surface area contributed by atoms with E-state index in [-0.39, 0.29) is 5.41 Å². The molecule has 0 N–H and O–H groups in total. The van der Waals surface area contributed by atoms with Crippen LogP contribution >= 0.6 is 11.3 Å². The van der Waals surface area contributed by atoms with E-state index in [0.29, 0.717) is 0 Å². The van der Waals surface area contributed by atoms with Crippen LogP contribution in [0.4, 0.5) is 17.1 Å². The van der Waals surface area contributed by atoms with Crippen LogP contribution in [0.25, 0.3) is 64.3 Å². The number of fused-ring (bicyclic) bond motifs is 7. The molecule has 1 aliphatic carbocycles. The average Bonchev–Trinajstić information content (AvgIpc) is 3.68. The highest BCUT2D eigenvalue weighted by atomic mass is 32.1. The van der Waals surface area contributed by atoms with Gasteiger partial charge in [-0.25, -0.2) is 0 Å². The lowest BCUT2D eigenvalue weighted by molar-refractivity contribution is 0.662. The Morgan fingerprint density at radius 2 is 1.12 bits per heavy atom. The van der Waals surface area contributed by atoms with Gasteiger partial charge in [-0.15, -0.1) is 11.3 Å². The van der Waals surface area contributed by atoms with Crippen molar-refractivity contribution < 1.29 is 0 Å². The van der Waals surface area contributed by atoms with Gasteiger partial charge >= 0.3 is 0 Å². The Labute approximate surface area is 302 Å². The molecule has 1 nitrogen and oxygen atoms in total. The average molecular weight is 670 g/mol. The Hall–Kier alpha value is -5.96. The van der Waals surface area contributed by atoms with E-state index in [1.807, 2.05) is 11.3 Å². The first kappa shape index (κ1) is 29.9. The van der Waals surface area contributed by atoms with Crippen LogP contribution in [0.3, 0.4) is 0 Å². The lowest BCUT2D eigenvalue weighted by Gasteiger charge is -2.28. The quantitative estimate of drug-likeness (QED) is 0.176. The van der Waals surface area contributed by atoms with Crippen LogP contribution in [0.15, 0.2) is 176 Å². The number of thiophene rings is 1. The van der Waals surface area contributed by atoms with Gasteiger partial charge in [0.05, 0.1) is 5.69 Å². The van der Waals surface area contributed by atoms with E-state index in [4.69, 9.17) is 0 Å². The van der Waals surface area contributed by atoms with Crippen molar-refractivity contribution in [2.24, 2.45) is 0 Å². The summed E-state index contributed by atoms with van der Waals surface area (Å²) in [4.78, 5) is 2.45. The fourth-order valence-corrected chi connectivity index (χ4v) is 9.57. The van der Waals surface area contributed by atoms with Crippen LogP contribution < -0.4 is 4.90 Å². The molecule has 0 amide bonds. The molecular weight excluding hydrogens is 635 g/mol. The SMILES string of the molecule is CC1(C)c2ccccc2-c2cccc(-c3ccc(N(c4cccc(-c5ccc6ccccc6c5)c4)c4cccc5sc6ccccc6c45)cc3)c21. The molecule has 0 radical (unpaired) electrons. The van der Waals surface area contributed by atoms with Crippen molar-refractivity contribution in [1.82, 2.24) is 0 Å². The summed E-state index contributed by atoms with van der Waals surface area (Å²) in [7, 11) is 0. The monoisotopic (exact) mass is 669 g/mol. The molecule has 10 rings (SSSR count). The molecule has 0 spiro atoms. The third-order valence-electron chi connectivity index (χ3n) is 10.8. The molecule has 1 aromatic heterocycles. The maximum Gasteiger partial charge on any atom is 0.0554 e. The molecule has 9 aromatic rings.